The first kappa shape index (κ1) is 13.5. The Labute approximate surface area is 98.5 Å². The van der Waals surface area contributed by atoms with Gasteiger partial charge in [-0.05, 0) is 18.2 Å². The zero-order chi connectivity index (χ0) is 13.8. The van der Waals surface area contributed by atoms with Crippen LogP contribution in [0.3, 0.4) is 0 Å². The van der Waals surface area contributed by atoms with Gasteiger partial charge in [-0.2, -0.15) is 18.4 Å². The third-order valence-electron chi connectivity index (χ3n) is 1.79. The number of benzene rings is 1. The molecule has 0 amide bonds. The van der Waals surface area contributed by atoms with E-state index in [2.05, 4.69) is 16.0 Å². The number of rotatable bonds is 0. The minimum absolute atomic E-state index is 0.654. The fourth-order valence-corrected chi connectivity index (χ4v) is 1.01. The van der Waals surface area contributed by atoms with Crippen molar-refractivity contribution >= 4 is 17.0 Å². The molecule has 0 saturated carbocycles. The van der Waals surface area contributed by atoms with Crippen molar-refractivity contribution in [3.63, 3.8) is 0 Å². The van der Waals surface area contributed by atoms with Crippen molar-refractivity contribution in [3.05, 3.63) is 30.1 Å². The summed E-state index contributed by atoms with van der Waals surface area (Å²) in [5, 5.41) is 15.7. The fraction of sp³-hybridized carbons (Fsp3) is 0.100. The average Bonchev–Trinajstić information content (AvgIpc) is 2.75. The minimum Gasteiger partial charge on any atom is -0.475 e. The van der Waals surface area contributed by atoms with Gasteiger partial charge in [0.15, 0.2) is 0 Å². The number of nitrogens with one attached hydrogen (secondary N) is 1. The number of imidazole rings is 1. The summed E-state index contributed by atoms with van der Waals surface area (Å²) in [6, 6.07) is 7.42. The lowest BCUT2D eigenvalue weighted by Gasteiger charge is -1.93. The number of aliphatic carboxylic acids is 1. The summed E-state index contributed by atoms with van der Waals surface area (Å²) < 4.78 is 31.7. The van der Waals surface area contributed by atoms with E-state index in [1.807, 2.05) is 6.07 Å². The van der Waals surface area contributed by atoms with Gasteiger partial charge in [0.05, 0.1) is 29.0 Å². The number of carboxylic acid groups (broad SMARTS) is 1. The highest BCUT2D eigenvalue weighted by atomic mass is 19.4. The SMILES string of the molecule is N#Cc1ccc2nc[nH]c2c1.O=C(O)C(F)(F)F. The zero-order valence-electron chi connectivity index (χ0n) is 8.69. The number of hydrogen-bond donors (Lipinski definition) is 2. The van der Waals surface area contributed by atoms with E-state index in [1.165, 1.54) is 0 Å². The third kappa shape index (κ3) is 3.48. The molecule has 1 heterocycles. The summed E-state index contributed by atoms with van der Waals surface area (Å²) >= 11 is 0. The Morgan fingerprint density at radius 2 is 2.06 bits per heavy atom. The van der Waals surface area contributed by atoms with Crippen LogP contribution in [0.4, 0.5) is 13.2 Å². The van der Waals surface area contributed by atoms with Gasteiger partial charge in [-0.25, -0.2) is 9.78 Å². The number of alkyl halides is 3. The second kappa shape index (κ2) is 5.18. The summed E-state index contributed by atoms with van der Waals surface area (Å²) in [6.45, 7) is 0. The van der Waals surface area contributed by atoms with Gasteiger partial charge >= 0.3 is 12.1 Å². The Morgan fingerprint density at radius 3 is 2.56 bits per heavy atom. The first-order chi connectivity index (χ1) is 8.34. The molecule has 1 aromatic heterocycles. The Bertz CT molecular complexity index is 598. The molecular formula is C10H6F3N3O2. The molecule has 5 nitrogen and oxygen atoms in total. The minimum atomic E-state index is -5.08. The van der Waals surface area contributed by atoms with E-state index in [-0.39, 0.29) is 0 Å². The molecule has 2 rings (SSSR count). The molecule has 18 heavy (non-hydrogen) atoms. The summed E-state index contributed by atoms with van der Waals surface area (Å²) in [5.74, 6) is -2.76. The monoisotopic (exact) mass is 257 g/mol. The number of nitriles is 1. The molecule has 0 radical (unpaired) electrons. The highest BCUT2D eigenvalue weighted by molar-refractivity contribution is 5.75. The highest BCUT2D eigenvalue weighted by Crippen LogP contribution is 2.13. The number of aromatic nitrogens is 2. The van der Waals surface area contributed by atoms with E-state index in [1.54, 1.807) is 18.5 Å². The van der Waals surface area contributed by atoms with E-state index >= 15 is 0 Å². The number of carbonyl (C=O) groups is 1. The lowest BCUT2D eigenvalue weighted by Crippen LogP contribution is -2.21. The van der Waals surface area contributed by atoms with Crippen LogP contribution in [-0.4, -0.2) is 27.2 Å². The second-order valence-corrected chi connectivity index (χ2v) is 3.05. The van der Waals surface area contributed by atoms with Crippen LogP contribution < -0.4 is 0 Å². The van der Waals surface area contributed by atoms with Crippen molar-refractivity contribution in [3.8, 4) is 6.07 Å². The number of nitrogens with zero attached hydrogens (tertiary/aromatic N) is 2. The van der Waals surface area contributed by atoms with Crippen LogP contribution in [0.2, 0.25) is 0 Å². The Balaban J connectivity index is 0.000000203. The topological polar surface area (TPSA) is 89.8 Å². The Kier molecular flexibility index (Phi) is 3.89. The number of hydrogen-bond acceptors (Lipinski definition) is 3. The van der Waals surface area contributed by atoms with Gasteiger partial charge in [-0.1, -0.05) is 0 Å². The van der Waals surface area contributed by atoms with Gasteiger partial charge < -0.3 is 10.1 Å². The molecule has 0 atom stereocenters. The van der Waals surface area contributed by atoms with Crippen LogP contribution >= 0.6 is 0 Å². The smallest absolute Gasteiger partial charge is 0.475 e. The number of halogens is 3. The summed E-state index contributed by atoms with van der Waals surface area (Å²) in [4.78, 5) is 15.9. The molecule has 2 N–H and O–H groups in total. The number of fused-ring (bicyclic) bond motifs is 1. The van der Waals surface area contributed by atoms with Gasteiger partial charge in [0.25, 0.3) is 0 Å². The predicted molar refractivity (Wildman–Crippen MR) is 54.5 cm³/mol. The quantitative estimate of drug-likeness (QED) is 0.755. The summed E-state index contributed by atoms with van der Waals surface area (Å²) in [7, 11) is 0. The number of carboxylic acids is 1. The third-order valence-corrected chi connectivity index (χ3v) is 1.79. The molecule has 0 saturated heterocycles. The van der Waals surface area contributed by atoms with Crippen molar-refractivity contribution in [1.29, 1.82) is 5.26 Å². The van der Waals surface area contributed by atoms with E-state index in [0.29, 0.717) is 5.56 Å². The maximum absolute atomic E-state index is 10.6. The molecule has 0 fully saturated rings. The van der Waals surface area contributed by atoms with Crippen LogP contribution in [0, 0.1) is 11.3 Å². The van der Waals surface area contributed by atoms with Crippen molar-refractivity contribution in [2.24, 2.45) is 0 Å². The van der Waals surface area contributed by atoms with Crippen LogP contribution in [0.5, 0.6) is 0 Å². The first-order valence-corrected chi connectivity index (χ1v) is 4.48. The van der Waals surface area contributed by atoms with Gasteiger partial charge in [0, 0.05) is 0 Å². The van der Waals surface area contributed by atoms with Crippen LogP contribution in [0.25, 0.3) is 11.0 Å². The Morgan fingerprint density at radius 1 is 1.44 bits per heavy atom. The molecule has 8 heteroatoms. The van der Waals surface area contributed by atoms with Crippen LogP contribution in [-0.2, 0) is 4.79 Å². The summed E-state index contributed by atoms with van der Waals surface area (Å²) in [5.41, 5.74) is 2.45. The highest BCUT2D eigenvalue weighted by Gasteiger charge is 2.38. The van der Waals surface area contributed by atoms with Crippen molar-refractivity contribution in [1.82, 2.24) is 9.97 Å². The molecule has 0 aliphatic rings. The van der Waals surface area contributed by atoms with Crippen LogP contribution in [0.1, 0.15) is 5.56 Å². The van der Waals surface area contributed by atoms with Gasteiger partial charge in [0.2, 0.25) is 0 Å². The largest absolute Gasteiger partial charge is 0.490 e. The van der Waals surface area contributed by atoms with Gasteiger partial charge in [0.1, 0.15) is 0 Å². The molecule has 0 unspecified atom stereocenters. The molecule has 0 aliphatic carbocycles. The molecule has 94 valence electrons. The standard InChI is InChI=1S/C8H5N3.C2HF3O2/c9-4-6-1-2-7-8(3-6)11-5-10-7;3-2(4,5)1(6)7/h1-3,5H,(H,10,11);(H,6,7). The molecular weight excluding hydrogens is 251 g/mol. The molecule has 0 spiro atoms. The Hall–Kier alpha value is -2.56. The molecule has 1 aromatic carbocycles. The van der Waals surface area contributed by atoms with Gasteiger partial charge in [-0.15, -0.1) is 0 Å². The van der Waals surface area contributed by atoms with E-state index in [9.17, 15) is 13.2 Å². The number of H-pyrrole nitrogens is 1. The lowest BCUT2D eigenvalue weighted by atomic mass is 10.2. The normalized spacial score (nSPS) is 10.3. The maximum atomic E-state index is 10.6. The summed E-state index contributed by atoms with van der Waals surface area (Å²) in [6.07, 6.45) is -3.47. The lowest BCUT2D eigenvalue weighted by molar-refractivity contribution is -0.192. The van der Waals surface area contributed by atoms with Crippen molar-refractivity contribution in [2.75, 3.05) is 0 Å². The van der Waals surface area contributed by atoms with Gasteiger partial charge in [-0.3, -0.25) is 0 Å². The van der Waals surface area contributed by atoms with Crippen molar-refractivity contribution < 1.29 is 23.1 Å². The van der Waals surface area contributed by atoms with Crippen molar-refractivity contribution in [2.45, 2.75) is 6.18 Å². The first-order valence-electron chi connectivity index (χ1n) is 4.48. The molecule has 2 aromatic rings. The second-order valence-electron chi connectivity index (χ2n) is 3.05. The molecule has 0 aliphatic heterocycles. The van der Waals surface area contributed by atoms with E-state index < -0.39 is 12.1 Å². The van der Waals surface area contributed by atoms with E-state index in [0.717, 1.165) is 11.0 Å². The predicted octanol–water partition coefficient (Wildman–Crippen LogP) is 2.07. The maximum Gasteiger partial charge on any atom is 0.490 e. The average molecular weight is 257 g/mol. The number of aromatic amines is 1. The molecule has 0 bridgehead atoms. The fourth-order valence-electron chi connectivity index (χ4n) is 1.01. The van der Waals surface area contributed by atoms with Crippen LogP contribution in [0.15, 0.2) is 24.5 Å². The van der Waals surface area contributed by atoms with E-state index in [4.69, 9.17) is 15.2 Å². The zero-order valence-corrected chi connectivity index (χ0v) is 8.69.